The molecule has 0 radical (unpaired) electrons. The van der Waals surface area contributed by atoms with Crippen molar-refractivity contribution in [2.75, 3.05) is 20.6 Å². The molecule has 2 aromatic rings. The van der Waals surface area contributed by atoms with E-state index in [0.29, 0.717) is 0 Å². The molecule has 0 saturated carbocycles. The van der Waals surface area contributed by atoms with Crippen LogP contribution in [0.4, 0.5) is 0 Å². The number of benzene rings is 2. The summed E-state index contributed by atoms with van der Waals surface area (Å²) < 4.78 is 0. The van der Waals surface area contributed by atoms with E-state index in [1.807, 2.05) is 7.05 Å². The normalized spacial score (nSPS) is 11.0. The van der Waals surface area contributed by atoms with Crippen LogP contribution in [0.3, 0.4) is 0 Å². The summed E-state index contributed by atoms with van der Waals surface area (Å²) in [5.41, 5.74) is 5.46. The minimum Gasteiger partial charge on any atom is -0.319 e. The maximum atomic E-state index is 3.19. The standard InChI is InChI=1S/C19H26N2/c1-16-4-6-18(7-5-16)14-21(3)15-19-10-8-17(9-11-19)12-13-20-2/h4-11,20H,12-15H2,1-3H3. The van der Waals surface area contributed by atoms with E-state index < -0.39 is 0 Å². The Balaban J connectivity index is 1.87. The Kier molecular flexibility index (Phi) is 5.97. The van der Waals surface area contributed by atoms with Crippen LogP contribution in [0.15, 0.2) is 48.5 Å². The molecular weight excluding hydrogens is 256 g/mol. The fourth-order valence-corrected chi connectivity index (χ4v) is 2.45. The van der Waals surface area contributed by atoms with Gasteiger partial charge in [-0.2, -0.15) is 0 Å². The molecule has 0 aliphatic heterocycles. The van der Waals surface area contributed by atoms with Crippen molar-refractivity contribution in [1.82, 2.24) is 10.2 Å². The highest BCUT2D eigenvalue weighted by Gasteiger charge is 2.02. The van der Waals surface area contributed by atoms with Gasteiger partial charge >= 0.3 is 0 Å². The lowest BCUT2D eigenvalue weighted by Crippen LogP contribution is -2.17. The van der Waals surface area contributed by atoms with Crippen molar-refractivity contribution in [3.63, 3.8) is 0 Å². The van der Waals surface area contributed by atoms with Crippen molar-refractivity contribution in [3.8, 4) is 0 Å². The highest BCUT2D eigenvalue weighted by molar-refractivity contribution is 5.24. The van der Waals surface area contributed by atoms with Crippen LogP contribution >= 0.6 is 0 Å². The fourth-order valence-electron chi connectivity index (χ4n) is 2.45. The second kappa shape index (κ2) is 7.96. The second-order valence-corrected chi connectivity index (χ2v) is 5.83. The lowest BCUT2D eigenvalue weighted by Gasteiger charge is -2.17. The van der Waals surface area contributed by atoms with Gasteiger partial charge in [0.05, 0.1) is 0 Å². The minimum absolute atomic E-state index is 0.986. The van der Waals surface area contributed by atoms with Crippen LogP contribution in [0.2, 0.25) is 0 Å². The Morgan fingerprint density at radius 3 is 1.81 bits per heavy atom. The zero-order chi connectivity index (χ0) is 15.1. The molecule has 0 fully saturated rings. The largest absolute Gasteiger partial charge is 0.319 e. The molecule has 0 amide bonds. The van der Waals surface area contributed by atoms with Crippen LogP contribution in [0.25, 0.3) is 0 Å². The molecule has 0 atom stereocenters. The molecule has 1 N–H and O–H groups in total. The van der Waals surface area contributed by atoms with Crippen LogP contribution in [0.1, 0.15) is 22.3 Å². The van der Waals surface area contributed by atoms with Gasteiger partial charge in [-0.05, 0) is 50.7 Å². The van der Waals surface area contributed by atoms with Gasteiger partial charge in [-0.15, -0.1) is 0 Å². The van der Waals surface area contributed by atoms with Crippen molar-refractivity contribution >= 4 is 0 Å². The maximum absolute atomic E-state index is 3.19. The predicted molar refractivity (Wildman–Crippen MR) is 90.4 cm³/mol. The first-order valence-electron chi connectivity index (χ1n) is 7.64. The molecule has 2 aromatic carbocycles. The molecule has 0 aromatic heterocycles. The molecule has 2 heteroatoms. The highest BCUT2D eigenvalue weighted by Crippen LogP contribution is 2.11. The minimum atomic E-state index is 0.986. The molecule has 2 nitrogen and oxygen atoms in total. The molecule has 0 unspecified atom stereocenters. The number of aryl methyl sites for hydroxylation is 1. The SMILES string of the molecule is CNCCc1ccc(CN(C)Cc2ccc(C)cc2)cc1. The molecule has 0 saturated heterocycles. The Bertz CT molecular complexity index is 528. The molecule has 0 aliphatic rings. The van der Waals surface area contributed by atoms with Crippen LogP contribution in [0.5, 0.6) is 0 Å². The van der Waals surface area contributed by atoms with E-state index in [2.05, 4.69) is 72.7 Å². The Morgan fingerprint density at radius 2 is 1.29 bits per heavy atom. The van der Waals surface area contributed by atoms with Gasteiger partial charge in [-0.1, -0.05) is 54.1 Å². The number of rotatable bonds is 7. The van der Waals surface area contributed by atoms with E-state index in [1.165, 1.54) is 22.3 Å². The van der Waals surface area contributed by atoms with Crippen LogP contribution < -0.4 is 5.32 Å². The third-order valence-corrected chi connectivity index (χ3v) is 3.71. The van der Waals surface area contributed by atoms with E-state index in [-0.39, 0.29) is 0 Å². The average molecular weight is 282 g/mol. The van der Waals surface area contributed by atoms with E-state index in [9.17, 15) is 0 Å². The first-order chi connectivity index (χ1) is 10.2. The monoisotopic (exact) mass is 282 g/mol. The fraction of sp³-hybridized carbons (Fsp3) is 0.368. The number of hydrogen-bond acceptors (Lipinski definition) is 2. The summed E-state index contributed by atoms with van der Waals surface area (Å²) in [4.78, 5) is 2.35. The van der Waals surface area contributed by atoms with E-state index in [0.717, 1.165) is 26.1 Å². The molecule has 2 rings (SSSR count). The number of hydrogen-bond donors (Lipinski definition) is 1. The Hall–Kier alpha value is -1.64. The molecule has 0 spiro atoms. The van der Waals surface area contributed by atoms with Gasteiger partial charge in [0.2, 0.25) is 0 Å². The van der Waals surface area contributed by atoms with Gasteiger partial charge in [0, 0.05) is 13.1 Å². The van der Waals surface area contributed by atoms with Crippen LogP contribution in [-0.4, -0.2) is 25.5 Å². The van der Waals surface area contributed by atoms with E-state index >= 15 is 0 Å². The number of nitrogens with zero attached hydrogens (tertiary/aromatic N) is 1. The number of likely N-dealkylation sites (N-methyl/N-ethyl adjacent to an activating group) is 1. The topological polar surface area (TPSA) is 15.3 Å². The maximum Gasteiger partial charge on any atom is 0.0234 e. The molecular formula is C19H26N2. The summed E-state index contributed by atoms with van der Waals surface area (Å²) in [6.07, 6.45) is 1.09. The first-order valence-corrected chi connectivity index (χ1v) is 7.64. The molecule has 0 bridgehead atoms. The molecule has 112 valence electrons. The van der Waals surface area contributed by atoms with Crippen molar-refractivity contribution < 1.29 is 0 Å². The Labute approximate surface area is 128 Å². The lowest BCUT2D eigenvalue weighted by molar-refractivity contribution is 0.319. The van der Waals surface area contributed by atoms with E-state index in [1.54, 1.807) is 0 Å². The lowest BCUT2D eigenvalue weighted by atomic mass is 10.1. The molecule has 21 heavy (non-hydrogen) atoms. The van der Waals surface area contributed by atoms with Crippen molar-refractivity contribution in [2.45, 2.75) is 26.4 Å². The van der Waals surface area contributed by atoms with Gasteiger partial charge in [-0.25, -0.2) is 0 Å². The summed E-state index contributed by atoms with van der Waals surface area (Å²) >= 11 is 0. The molecule has 0 heterocycles. The van der Waals surface area contributed by atoms with Gasteiger partial charge in [0.25, 0.3) is 0 Å². The smallest absolute Gasteiger partial charge is 0.0234 e. The quantitative estimate of drug-likeness (QED) is 0.837. The zero-order valence-electron chi connectivity index (χ0n) is 13.4. The summed E-state index contributed by atoms with van der Waals surface area (Å²) in [7, 11) is 4.17. The Morgan fingerprint density at radius 1 is 0.810 bits per heavy atom. The summed E-state index contributed by atoms with van der Waals surface area (Å²) in [6.45, 7) is 5.14. The van der Waals surface area contributed by atoms with Gasteiger partial charge in [0.15, 0.2) is 0 Å². The van der Waals surface area contributed by atoms with Crippen LogP contribution in [-0.2, 0) is 19.5 Å². The highest BCUT2D eigenvalue weighted by atomic mass is 15.1. The van der Waals surface area contributed by atoms with Crippen molar-refractivity contribution in [2.24, 2.45) is 0 Å². The zero-order valence-corrected chi connectivity index (χ0v) is 13.4. The van der Waals surface area contributed by atoms with Crippen molar-refractivity contribution in [1.29, 1.82) is 0 Å². The third-order valence-electron chi connectivity index (χ3n) is 3.71. The van der Waals surface area contributed by atoms with Gasteiger partial charge in [-0.3, -0.25) is 4.90 Å². The van der Waals surface area contributed by atoms with Crippen molar-refractivity contribution in [3.05, 3.63) is 70.8 Å². The second-order valence-electron chi connectivity index (χ2n) is 5.83. The average Bonchev–Trinajstić information content (AvgIpc) is 2.49. The van der Waals surface area contributed by atoms with Gasteiger partial charge in [0.1, 0.15) is 0 Å². The molecule has 0 aliphatic carbocycles. The summed E-state index contributed by atoms with van der Waals surface area (Å²) in [5.74, 6) is 0. The van der Waals surface area contributed by atoms with Gasteiger partial charge < -0.3 is 5.32 Å². The van der Waals surface area contributed by atoms with E-state index in [4.69, 9.17) is 0 Å². The van der Waals surface area contributed by atoms with Crippen LogP contribution in [0, 0.1) is 6.92 Å². The third kappa shape index (κ3) is 5.33. The summed E-state index contributed by atoms with van der Waals surface area (Å²) in [5, 5.41) is 3.19. The predicted octanol–water partition coefficient (Wildman–Crippen LogP) is 3.39. The number of nitrogens with one attached hydrogen (secondary N) is 1. The first kappa shape index (κ1) is 15.7. The summed E-state index contributed by atoms with van der Waals surface area (Å²) in [6, 6.07) is 17.8.